The quantitative estimate of drug-likeness (QED) is 0.0368. The number of unbranched alkanes of at least 4 members (excludes halogenated alkanes) is 21. The third-order valence-electron chi connectivity index (χ3n) is 9.96. The van der Waals surface area contributed by atoms with Crippen molar-refractivity contribution in [2.45, 2.75) is 226 Å². The first kappa shape index (κ1) is 51.9. The molecule has 2 N–H and O–H groups in total. The van der Waals surface area contributed by atoms with E-state index in [9.17, 15) is 14.7 Å². The molecule has 0 aliphatic heterocycles. The molecule has 0 bridgehead atoms. The van der Waals surface area contributed by atoms with Crippen LogP contribution in [0.4, 0.5) is 0 Å². The monoisotopic (exact) mass is 728 g/mol. The van der Waals surface area contributed by atoms with Crippen LogP contribution in [-0.2, 0) is 19.1 Å². The summed E-state index contributed by atoms with van der Waals surface area (Å²) >= 11 is 0. The molecule has 0 aromatic carbocycles. The number of esters is 1. The lowest BCUT2D eigenvalue weighted by molar-refractivity contribution is -0.150. The molecule has 0 amide bonds. The highest BCUT2D eigenvalue weighted by Crippen LogP contribution is 2.18. The maximum Gasteiger partial charge on any atom is 0.306 e. The molecule has 0 heterocycles. The van der Waals surface area contributed by atoms with Gasteiger partial charge in [-0.25, -0.2) is 0 Å². The van der Waals surface area contributed by atoms with Crippen LogP contribution in [0.15, 0.2) is 0 Å². The summed E-state index contributed by atoms with van der Waals surface area (Å²) in [6.45, 7) is 13.3. The van der Waals surface area contributed by atoms with Crippen LogP contribution in [-0.4, -0.2) is 73.1 Å². The van der Waals surface area contributed by atoms with Gasteiger partial charge in [-0.15, -0.1) is 0 Å². The summed E-state index contributed by atoms with van der Waals surface area (Å²) in [6.07, 6.45) is 35.8. The maximum absolute atomic E-state index is 12.6. The number of carbonyl (C=O) groups is 2. The molecule has 0 aromatic heterocycles. The van der Waals surface area contributed by atoms with Gasteiger partial charge in [-0.1, -0.05) is 156 Å². The molecule has 0 saturated carbocycles. The van der Waals surface area contributed by atoms with Gasteiger partial charge in [0.2, 0.25) is 0 Å². The summed E-state index contributed by atoms with van der Waals surface area (Å²) < 4.78 is 10.7. The van der Waals surface area contributed by atoms with Crippen LogP contribution in [0.5, 0.6) is 0 Å². The predicted molar refractivity (Wildman–Crippen MR) is 217 cm³/mol. The van der Waals surface area contributed by atoms with Gasteiger partial charge in [-0.3, -0.25) is 9.59 Å². The molecule has 1 unspecified atom stereocenters. The van der Waals surface area contributed by atoms with Crippen molar-refractivity contribution in [1.29, 1.82) is 0 Å². The maximum atomic E-state index is 12.6. The van der Waals surface area contributed by atoms with Crippen LogP contribution in [0, 0.1) is 5.92 Å². The second-order valence-electron chi connectivity index (χ2n) is 15.2. The normalized spacial score (nSPS) is 11.8. The molecule has 0 fully saturated rings. The molecule has 51 heavy (non-hydrogen) atoms. The number of aliphatic hydroxyl groups is 2. The lowest BCUT2D eigenvalue weighted by Crippen LogP contribution is -2.29. The van der Waals surface area contributed by atoms with Crippen LogP contribution in [0.2, 0.25) is 0 Å². The van der Waals surface area contributed by atoms with Gasteiger partial charge in [0.1, 0.15) is 6.10 Å². The largest absolute Gasteiger partial charge is 0.468 e. The summed E-state index contributed by atoms with van der Waals surface area (Å²) in [7, 11) is 0. The molecule has 0 rings (SSSR count). The first-order valence-corrected chi connectivity index (χ1v) is 22.2. The van der Waals surface area contributed by atoms with E-state index in [1.54, 1.807) is 0 Å². The van der Waals surface area contributed by atoms with E-state index < -0.39 is 0 Å². The summed E-state index contributed by atoms with van der Waals surface area (Å²) in [5.74, 6) is 0.536. The third-order valence-corrected chi connectivity index (χ3v) is 9.96. The molecule has 7 nitrogen and oxygen atoms in total. The van der Waals surface area contributed by atoms with E-state index >= 15 is 0 Å². The summed E-state index contributed by atoms with van der Waals surface area (Å²) in [6, 6.07) is 0. The van der Waals surface area contributed by atoms with Gasteiger partial charge in [0, 0.05) is 19.6 Å². The highest BCUT2D eigenvalue weighted by Gasteiger charge is 2.14. The molecule has 0 radical (unpaired) electrons. The Bertz CT molecular complexity index is 662. The van der Waals surface area contributed by atoms with Gasteiger partial charge in [-0.2, -0.15) is 0 Å². The highest BCUT2D eigenvalue weighted by atomic mass is 16.5. The zero-order valence-corrected chi connectivity index (χ0v) is 34.7. The number of hydrogen-bond donors (Lipinski definition) is 2. The minimum absolute atomic E-state index is 0.0160. The lowest BCUT2D eigenvalue weighted by atomic mass is 10.0. The lowest BCUT2D eigenvalue weighted by Gasteiger charge is -2.21. The number of carbonyl (C=O) groups excluding carboxylic acids is 2. The van der Waals surface area contributed by atoms with Crippen molar-refractivity contribution in [3.8, 4) is 0 Å². The first-order valence-electron chi connectivity index (χ1n) is 22.2. The molecule has 0 aliphatic rings. The van der Waals surface area contributed by atoms with E-state index in [0.29, 0.717) is 25.4 Å². The minimum atomic E-state index is 0.0160. The first-order chi connectivity index (χ1) is 25.0. The van der Waals surface area contributed by atoms with E-state index in [2.05, 4.69) is 32.6 Å². The van der Waals surface area contributed by atoms with Crippen LogP contribution in [0.25, 0.3) is 0 Å². The molecule has 1 atom stereocenters. The molecule has 0 spiro atoms. The number of nitrogens with zero attached hydrogens (tertiary/aromatic N) is 1. The SMILES string of the molecule is CCCCCCCC(C)COC=O.CCCCCCCCC(CCCCCCCC)OC(=O)CCCCCCCN(CCO)CCCCCCO. The van der Waals surface area contributed by atoms with E-state index in [1.807, 2.05) is 0 Å². The van der Waals surface area contributed by atoms with Crippen molar-refractivity contribution in [3.05, 3.63) is 0 Å². The van der Waals surface area contributed by atoms with Crippen molar-refractivity contribution in [2.24, 2.45) is 5.92 Å². The fraction of sp³-hybridized carbons (Fsp3) is 0.955. The Morgan fingerprint density at radius 1 is 0.549 bits per heavy atom. The summed E-state index contributed by atoms with van der Waals surface area (Å²) in [4.78, 5) is 24.8. The Morgan fingerprint density at radius 2 is 0.980 bits per heavy atom. The van der Waals surface area contributed by atoms with Gasteiger partial charge in [0.05, 0.1) is 13.2 Å². The smallest absolute Gasteiger partial charge is 0.306 e. The Morgan fingerprint density at radius 3 is 1.45 bits per heavy atom. The molecule has 7 heteroatoms. The molecule has 0 aromatic rings. The van der Waals surface area contributed by atoms with Gasteiger partial charge >= 0.3 is 5.97 Å². The minimum Gasteiger partial charge on any atom is -0.468 e. The fourth-order valence-electron chi connectivity index (χ4n) is 6.61. The number of rotatable bonds is 40. The van der Waals surface area contributed by atoms with Crippen LogP contribution in [0.1, 0.15) is 220 Å². The number of ether oxygens (including phenoxy) is 2. The average Bonchev–Trinajstić information content (AvgIpc) is 3.13. The third kappa shape index (κ3) is 43.1. The van der Waals surface area contributed by atoms with Gasteiger partial charge in [-0.05, 0) is 76.8 Å². The average molecular weight is 728 g/mol. The van der Waals surface area contributed by atoms with Gasteiger partial charge in [0.15, 0.2) is 0 Å². The topological polar surface area (TPSA) is 96.3 Å². The zero-order valence-electron chi connectivity index (χ0n) is 34.7. The van der Waals surface area contributed by atoms with Crippen molar-refractivity contribution < 1.29 is 29.3 Å². The standard InChI is InChI=1S/C33H67NO4.C11H22O2/c1-3-5-7-9-12-18-24-32(25-19-13-10-8-6-4-2)38-33(37)26-20-14-11-15-21-27-34(29-31-36)28-22-16-17-23-30-35;1-3-4-5-6-7-8-11(2)9-13-10-12/h32,35-36H,3-31H2,1-2H3;10-11H,3-9H2,1-2H3. The van der Waals surface area contributed by atoms with Crippen LogP contribution in [0.3, 0.4) is 0 Å². The van der Waals surface area contributed by atoms with Crippen molar-refractivity contribution in [2.75, 3.05) is 39.5 Å². The Balaban J connectivity index is 0. The van der Waals surface area contributed by atoms with E-state index in [1.165, 1.54) is 122 Å². The van der Waals surface area contributed by atoms with Crippen molar-refractivity contribution >= 4 is 12.4 Å². The molecule has 0 saturated heterocycles. The van der Waals surface area contributed by atoms with Gasteiger partial charge < -0.3 is 24.6 Å². The summed E-state index contributed by atoms with van der Waals surface area (Å²) in [5, 5.41) is 18.2. The summed E-state index contributed by atoms with van der Waals surface area (Å²) in [5.41, 5.74) is 0. The van der Waals surface area contributed by atoms with E-state index in [-0.39, 0.29) is 25.3 Å². The van der Waals surface area contributed by atoms with E-state index in [4.69, 9.17) is 14.6 Å². The number of aliphatic hydroxyl groups excluding tert-OH is 2. The predicted octanol–water partition coefficient (Wildman–Crippen LogP) is 11.7. The molecular weight excluding hydrogens is 638 g/mol. The highest BCUT2D eigenvalue weighted by molar-refractivity contribution is 5.69. The van der Waals surface area contributed by atoms with Crippen LogP contribution >= 0.6 is 0 Å². The zero-order chi connectivity index (χ0) is 37.9. The molecular formula is C44H89NO6. The van der Waals surface area contributed by atoms with E-state index in [0.717, 1.165) is 83.8 Å². The van der Waals surface area contributed by atoms with Crippen molar-refractivity contribution in [1.82, 2.24) is 4.90 Å². The van der Waals surface area contributed by atoms with Gasteiger partial charge in [0.25, 0.3) is 6.47 Å². The number of hydrogen-bond acceptors (Lipinski definition) is 7. The second-order valence-corrected chi connectivity index (χ2v) is 15.2. The van der Waals surface area contributed by atoms with Crippen molar-refractivity contribution in [3.63, 3.8) is 0 Å². The molecule has 0 aliphatic carbocycles. The molecule has 306 valence electrons. The second kappa shape index (κ2) is 45.0. The fourth-order valence-corrected chi connectivity index (χ4v) is 6.61. The van der Waals surface area contributed by atoms with Crippen LogP contribution < -0.4 is 0 Å². The Hall–Kier alpha value is -1.18. The Kier molecular flexibility index (Phi) is 45.8. The Labute approximate surface area is 317 Å².